The van der Waals surface area contributed by atoms with E-state index >= 15 is 0 Å². The summed E-state index contributed by atoms with van der Waals surface area (Å²) >= 11 is 0. The van der Waals surface area contributed by atoms with Crippen molar-refractivity contribution in [2.24, 2.45) is 5.41 Å². The first-order valence-electron chi connectivity index (χ1n) is 8.30. The second-order valence-corrected chi connectivity index (χ2v) is 7.21. The molecule has 0 radical (unpaired) electrons. The number of methoxy groups -OCH3 is 2. The topological polar surface area (TPSA) is 88.1 Å². The Morgan fingerprint density at radius 3 is 2.58 bits per heavy atom. The highest BCUT2D eigenvalue weighted by Gasteiger charge is 2.34. The monoisotopic (exact) mass is 351 g/mol. The van der Waals surface area contributed by atoms with E-state index in [1.165, 1.54) is 11.7 Å². The van der Waals surface area contributed by atoms with Crippen LogP contribution in [0.3, 0.4) is 0 Å². The number of carbonyl (C=O) groups is 1. The van der Waals surface area contributed by atoms with Gasteiger partial charge in [0.2, 0.25) is 0 Å². The van der Waals surface area contributed by atoms with Crippen LogP contribution in [0.5, 0.6) is 11.5 Å². The summed E-state index contributed by atoms with van der Waals surface area (Å²) in [7, 11) is 3.09. The maximum atomic E-state index is 12.7. The number of hydrogen-bond acceptors (Lipinski definition) is 5. The van der Waals surface area contributed by atoms with Crippen LogP contribution in [0, 0.1) is 22.2 Å². The van der Waals surface area contributed by atoms with E-state index in [4.69, 9.17) is 14.9 Å². The van der Waals surface area contributed by atoms with E-state index in [1.807, 2.05) is 13.8 Å². The van der Waals surface area contributed by atoms with Gasteiger partial charge in [-0.05, 0) is 29.5 Å². The zero-order valence-corrected chi connectivity index (χ0v) is 15.3. The van der Waals surface area contributed by atoms with E-state index in [9.17, 15) is 10.1 Å². The minimum absolute atomic E-state index is 0.00558. The van der Waals surface area contributed by atoms with Crippen LogP contribution < -0.4 is 15.0 Å². The van der Waals surface area contributed by atoms with Crippen LogP contribution >= 0.6 is 0 Å². The number of hydrogen-bond donors (Lipinski definition) is 1. The van der Waals surface area contributed by atoms with Crippen molar-refractivity contribution >= 4 is 5.78 Å². The zero-order valence-electron chi connectivity index (χ0n) is 15.3. The molecule has 1 aromatic carbocycles. The SMILES string of the molecule is COc1ccc(-n2cc3c(c(C#N)c2=N)CC(C)(C)CC3=O)c(OC)c1. The third kappa shape index (κ3) is 2.86. The van der Waals surface area contributed by atoms with Crippen molar-refractivity contribution in [2.75, 3.05) is 14.2 Å². The molecule has 0 saturated heterocycles. The molecule has 0 fully saturated rings. The van der Waals surface area contributed by atoms with Crippen molar-refractivity contribution in [3.05, 3.63) is 46.6 Å². The average Bonchev–Trinajstić information content (AvgIpc) is 2.60. The van der Waals surface area contributed by atoms with Crippen LogP contribution in [0.2, 0.25) is 0 Å². The van der Waals surface area contributed by atoms with Crippen molar-refractivity contribution in [3.8, 4) is 23.3 Å². The second kappa shape index (κ2) is 6.34. The molecule has 0 saturated carbocycles. The van der Waals surface area contributed by atoms with Gasteiger partial charge >= 0.3 is 0 Å². The summed E-state index contributed by atoms with van der Waals surface area (Å²) in [6.07, 6.45) is 2.67. The van der Waals surface area contributed by atoms with Gasteiger partial charge in [-0.3, -0.25) is 14.8 Å². The lowest BCUT2D eigenvalue weighted by atomic mass is 9.73. The molecule has 1 aliphatic carbocycles. The van der Waals surface area contributed by atoms with Crippen molar-refractivity contribution in [1.29, 1.82) is 10.7 Å². The van der Waals surface area contributed by atoms with Crippen LogP contribution in [0.15, 0.2) is 24.4 Å². The molecule has 1 N–H and O–H groups in total. The standard InChI is InChI=1S/C20H21N3O3/c1-20(2)8-13-14(10-21)19(22)23(11-15(13)17(24)9-20)16-6-5-12(25-3)7-18(16)26-4/h5-7,11,22H,8-9H2,1-4H3. The normalized spacial score (nSPS) is 15.1. The van der Waals surface area contributed by atoms with Crippen molar-refractivity contribution in [3.63, 3.8) is 0 Å². The smallest absolute Gasteiger partial charge is 0.165 e. The number of aromatic nitrogens is 1. The van der Waals surface area contributed by atoms with E-state index in [-0.39, 0.29) is 22.2 Å². The molecule has 134 valence electrons. The number of fused-ring (bicyclic) bond motifs is 1. The highest BCUT2D eigenvalue weighted by atomic mass is 16.5. The summed E-state index contributed by atoms with van der Waals surface area (Å²) in [6.45, 7) is 4.01. The first-order chi connectivity index (χ1) is 12.3. The van der Waals surface area contributed by atoms with Gasteiger partial charge in [0.05, 0.1) is 25.5 Å². The summed E-state index contributed by atoms with van der Waals surface area (Å²) in [4.78, 5) is 12.7. The number of pyridine rings is 1. The molecule has 1 aromatic heterocycles. The molecule has 0 atom stereocenters. The predicted octanol–water partition coefficient (Wildman–Crippen LogP) is 3.00. The molecule has 0 spiro atoms. The van der Waals surface area contributed by atoms with Crippen LogP contribution in [0.1, 0.15) is 41.8 Å². The van der Waals surface area contributed by atoms with Gasteiger partial charge in [-0.15, -0.1) is 0 Å². The Bertz CT molecular complexity index is 997. The van der Waals surface area contributed by atoms with E-state index in [0.717, 1.165) is 0 Å². The molecular weight excluding hydrogens is 330 g/mol. The lowest BCUT2D eigenvalue weighted by Gasteiger charge is -2.31. The van der Waals surface area contributed by atoms with Crippen LogP contribution in [0.25, 0.3) is 5.69 Å². The number of ether oxygens (including phenoxy) is 2. The van der Waals surface area contributed by atoms with Crippen molar-refractivity contribution in [1.82, 2.24) is 4.57 Å². The minimum atomic E-state index is -0.216. The maximum absolute atomic E-state index is 12.7. The molecule has 1 heterocycles. The fourth-order valence-electron chi connectivity index (χ4n) is 3.46. The van der Waals surface area contributed by atoms with E-state index in [0.29, 0.717) is 41.2 Å². The summed E-state index contributed by atoms with van der Waals surface area (Å²) < 4.78 is 12.2. The lowest BCUT2D eigenvalue weighted by molar-refractivity contribution is 0.0911. The number of Topliss-reactive ketones (excluding diaryl/α,β-unsaturated/α-hetero) is 1. The Balaban J connectivity index is 2.30. The van der Waals surface area contributed by atoms with E-state index < -0.39 is 0 Å². The average molecular weight is 351 g/mol. The van der Waals surface area contributed by atoms with Crippen LogP contribution in [-0.2, 0) is 6.42 Å². The van der Waals surface area contributed by atoms with E-state index in [2.05, 4.69) is 6.07 Å². The number of ketones is 1. The molecule has 6 heteroatoms. The van der Waals surface area contributed by atoms with Crippen LogP contribution in [-0.4, -0.2) is 24.6 Å². The summed E-state index contributed by atoms with van der Waals surface area (Å²) in [5.41, 5.74) is 1.82. The molecule has 1 aliphatic rings. The van der Waals surface area contributed by atoms with Gasteiger partial charge in [0.15, 0.2) is 5.78 Å². The molecular formula is C20H21N3O3. The Labute approximate surface area is 152 Å². The maximum Gasteiger partial charge on any atom is 0.165 e. The highest BCUT2D eigenvalue weighted by molar-refractivity contribution is 5.99. The van der Waals surface area contributed by atoms with Gasteiger partial charge < -0.3 is 9.47 Å². The molecule has 2 aromatic rings. The third-order valence-corrected chi connectivity index (χ3v) is 4.72. The van der Waals surface area contributed by atoms with Gasteiger partial charge in [0, 0.05) is 24.2 Å². The Hall–Kier alpha value is -3.07. The minimum Gasteiger partial charge on any atom is -0.497 e. The molecule has 0 aliphatic heterocycles. The fraction of sp³-hybridized carbons (Fsp3) is 0.350. The van der Waals surface area contributed by atoms with Gasteiger partial charge in [0.25, 0.3) is 0 Å². The molecule has 0 amide bonds. The summed E-state index contributed by atoms with van der Waals surface area (Å²) in [5.74, 6) is 1.11. The van der Waals surface area contributed by atoms with Gasteiger partial charge in [-0.1, -0.05) is 13.8 Å². The first kappa shape index (κ1) is 17.7. The number of nitriles is 1. The van der Waals surface area contributed by atoms with Gasteiger partial charge in [0.1, 0.15) is 23.1 Å². The Kier molecular flexibility index (Phi) is 4.33. The number of benzene rings is 1. The summed E-state index contributed by atoms with van der Waals surface area (Å²) in [6, 6.07) is 7.33. The first-order valence-corrected chi connectivity index (χ1v) is 8.30. The summed E-state index contributed by atoms with van der Waals surface area (Å²) in [5, 5.41) is 18.2. The molecule has 26 heavy (non-hydrogen) atoms. The van der Waals surface area contributed by atoms with Gasteiger partial charge in [-0.25, -0.2) is 0 Å². The highest BCUT2D eigenvalue weighted by Crippen LogP contribution is 2.36. The quantitative estimate of drug-likeness (QED) is 0.921. The molecule has 0 unspecified atom stereocenters. The van der Waals surface area contributed by atoms with Crippen LogP contribution in [0.4, 0.5) is 0 Å². The zero-order chi connectivity index (χ0) is 19.1. The number of nitrogens with one attached hydrogen (secondary N) is 1. The number of nitrogens with zero attached hydrogens (tertiary/aromatic N) is 2. The third-order valence-electron chi connectivity index (χ3n) is 4.72. The number of carbonyl (C=O) groups excluding carboxylic acids is 1. The van der Waals surface area contributed by atoms with E-state index in [1.54, 1.807) is 31.5 Å². The molecule has 6 nitrogen and oxygen atoms in total. The fourth-order valence-corrected chi connectivity index (χ4v) is 3.46. The Morgan fingerprint density at radius 1 is 1.23 bits per heavy atom. The largest absolute Gasteiger partial charge is 0.497 e. The lowest BCUT2D eigenvalue weighted by Crippen LogP contribution is -2.33. The predicted molar refractivity (Wildman–Crippen MR) is 95.9 cm³/mol. The second-order valence-electron chi connectivity index (χ2n) is 7.21. The molecule has 3 rings (SSSR count). The van der Waals surface area contributed by atoms with Gasteiger partial charge in [-0.2, -0.15) is 5.26 Å². The Morgan fingerprint density at radius 2 is 1.96 bits per heavy atom. The van der Waals surface area contributed by atoms with Crippen molar-refractivity contribution in [2.45, 2.75) is 26.7 Å². The number of rotatable bonds is 3. The van der Waals surface area contributed by atoms with Crippen molar-refractivity contribution < 1.29 is 14.3 Å². The molecule has 0 bridgehead atoms.